The average molecular weight is 280 g/mol. The summed E-state index contributed by atoms with van der Waals surface area (Å²) < 4.78 is 1.29. The van der Waals surface area contributed by atoms with Gasteiger partial charge in [-0.15, -0.1) is 0 Å². The molecule has 0 nitrogen and oxygen atoms in total. The fourth-order valence-electron chi connectivity index (χ4n) is 1.46. The molecule has 0 aromatic heterocycles. The highest BCUT2D eigenvalue weighted by atomic mass is 127. The molecule has 1 heteroatoms. The van der Waals surface area contributed by atoms with Crippen molar-refractivity contribution < 1.29 is 0 Å². The SMILES string of the molecule is C=Cc1ccc(I)c2ccccc12. The lowest BCUT2D eigenvalue weighted by Gasteiger charge is -2.03. The molecule has 2 aromatic rings. The van der Waals surface area contributed by atoms with Crippen LogP contribution in [-0.2, 0) is 0 Å². The fourth-order valence-corrected chi connectivity index (χ4v) is 2.11. The number of hydrogen-bond donors (Lipinski definition) is 0. The highest BCUT2D eigenvalue weighted by Gasteiger charge is 1.99. The van der Waals surface area contributed by atoms with Crippen LogP contribution in [0.15, 0.2) is 43.0 Å². The van der Waals surface area contributed by atoms with Crippen molar-refractivity contribution in [2.45, 2.75) is 0 Å². The molecule has 0 saturated heterocycles. The first kappa shape index (κ1) is 8.75. The Balaban J connectivity index is 2.92. The van der Waals surface area contributed by atoms with Crippen LogP contribution in [-0.4, -0.2) is 0 Å². The summed E-state index contributed by atoms with van der Waals surface area (Å²) in [6.45, 7) is 3.81. The van der Waals surface area contributed by atoms with Gasteiger partial charge in [-0.25, -0.2) is 0 Å². The fraction of sp³-hybridized carbons (Fsp3) is 0. The molecule has 64 valence electrons. The van der Waals surface area contributed by atoms with E-state index in [1.54, 1.807) is 0 Å². The van der Waals surface area contributed by atoms with Crippen molar-refractivity contribution in [3.05, 3.63) is 52.1 Å². The lowest BCUT2D eigenvalue weighted by atomic mass is 10.1. The largest absolute Gasteiger partial charge is 0.0984 e. The number of benzene rings is 2. The smallest absolute Gasteiger partial charge is 0.0209 e. The first-order valence-electron chi connectivity index (χ1n) is 4.12. The molecule has 0 bridgehead atoms. The van der Waals surface area contributed by atoms with Crippen LogP contribution in [0, 0.1) is 3.57 Å². The molecule has 0 unspecified atom stereocenters. The van der Waals surface area contributed by atoms with Crippen molar-refractivity contribution in [3.8, 4) is 0 Å². The van der Waals surface area contributed by atoms with Gasteiger partial charge in [0.15, 0.2) is 0 Å². The minimum absolute atomic E-state index is 1.20. The molecule has 0 saturated carbocycles. The van der Waals surface area contributed by atoms with Crippen molar-refractivity contribution in [1.82, 2.24) is 0 Å². The van der Waals surface area contributed by atoms with Gasteiger partial charge in [0, 0.05) is 3.57 Å². The molecular formula is C12H9I. The molecular weight excluding hydrogens is 271 g/mol. The summed E-state index contributed by atoms with van der Waals surface area (Å²) >= 11 is 2.36. The first-order valence-corrected chi connectivity index (χ1v) is 5.20. The van der Waals surface area contributed by atoms with Crippen molar-refractivity contribution in [2.24, 2.45) is 0 Å². The maximum absolute atomic E-state index is 3.81. The number of fused-ring (bicyclic) bond motifs is 1. The molecule has 0 fully saturated rings. The van der Waals surface area contributed by atoms with Gasteiger partial charge in [0.1, 0.15) is 0 Å². The maximum atomic E-state index is 3.81. The Morgan fingerprint density at radius 1 is 1.00 bits per heavy atom. The van der Waals surface area contributed by atoms with Crippen LogP contribution >= 0.6 is 22.6 Å². The van der Waals surface area contributed by atoms with Crippen molar-refractivity contribution in [3.63, 3.8) is 0 Å². The normalized spacial score (nSPS) is 10.2. The third-order valence-corrected chi connectivity index (χ3v) is 3.07. The highest BCUT2D eigenvalue weighted by Crippen LogP contribution is 2.24. The van der Waals surface area contributed by atoms with E-state index >= 15 is 0 Å². The van der Waals surface area contributed by atoms with Gasteiger partial charge in [0.05, 0.1) is 0 Å². The van der Waals surface area contributed by atoms with E-state index in [1.807, 2.05) is 6.08 Å². The Morgan fingerprint density at radius 3 is 2.38 bits per heavy atom. The standard InChI is InChI=1S/C12H9I/c1-2-9-7-8-12(13)11-6-4-3-5-10(9)11/h2-8H,1H2. The van der Waals surface area contributed by atoms with Gasteiger partial charge >= 0.3 is 0 Å². The molecule has 2 aromatic carbocycles. The number of halogens is 1. The van der Waals surface area contributed by atoms with E-state index in [2.05, 4.69) is 65.6 Å². The molecule has 13 heavy (non-hydrogen) atoms. The van der Waals surface area contributed by atoms with Crippen molar-refractivity contribution in [2.75, 3.05) is 0 Å². The van der Waals surface area contributed by atoms with Crippen LogP contribution < -0.4 is 0 Å². The maximum Gasteiger partial charge on any atom is 0.0209 e. The van der Waals surface area contributed by atoms with Gasteiger partial charge in [-0.2, -0.15) is 0 Å². The van der Waals surface area contributed by atoms with E-state index < -0.39 is 0 Å². The van der Waals surface area contributed by atoms with E-state index in [1.165, 1.54) is 19.9 Å². The van der Waals surface area contributed by atoms with Crippen LogP contribution in [0.3, 0.4) is 0 Å². The summed E-state index contributed by atoms with van der Waals surface area (Å²) in [5.41, 5.74) is 1.20. The van der Waals surface area contributed by atoms with Crippen LogP contribution in [0.25, 0.3) is 16.8 Å². The summed E-state index contributed by atoms with van der Waals surface area (Å²) in [5.74, 6) is 0. The molecule has 0 aliphatic heterocycles. The van der Waals surface area contributed by atoms with Crippen LogP contribution in [0.5, 0.6) is 0 Å². The highest BCUT2D eigenvalue weighted by molar-refractivity contribution is 14.1. The van der Waals surface area contributed by atoms with Gasteiger partial charge in [-0.05, 0) is 45.0 Å². The lowest BCUT2D eigenvalue weighted by molar-refractivity contribution is 1.68. The van der Waals surface area contributed by atoms with Crippen LogP contribution in [0.1, 0.15) is 5.56 Å². The second kappa shape index (κ2) is 3.50. The monoisotopic (exact) mass is 280 g/mol. The lowest BCUT2D eigenvalue weighted by Crippen LogP contribution is -1.80. The Labute approximate surface area is 91.4 Å². The van der Waals surface area contributed by atoms with Crippen LogP contribution in [0.2, 0.25) is 0 Å². The predicted octanol–water partition coefficient (Wildman–Crippen LogP) is 4.09. The summed E-state index contributed by atoms with van der Waals surface area (Å²) in [5, 5.41) is 2.59. The van der Waals surface area contributed by atoms with E-state index in [-0.39, 0.29) is 0 Å². The van der Waals surface area contributed by atoms with E-state index in [9.17, 15) is 0 Å². The topological polar surface area (TPSA) is 0 Å². The molecule has 0 amide bonds. The molecule has 0 aliphatic carbocycles. The summed E-state index contributed by atoms with van der Waals surface area (Å²) in [6.07, 6.45) is 1.90. The molecule has 0 N–H and O–H groups in total. The number of hydrogen-bond acceptors (Lipinski definition) is 0. The molecule has 0 aliphatic rings. The van der Waals surface area contributed by atoms with Gasteiger partial charge in [0.25, 0.3) is 0 Å². The van der Waals surface area contributed by atoms with Gasteiger partial charge < -0.3 is 0 Å². The second-order valence-corrected chi connectivity index (χ2v) is 4.05. The van der Waals surface area contributed by atoms with E-state index in [4.69, 9.17) is 0 Å². The summed E-state index contributed by atoms with van der Waals surface area (Å²) in [7, 11) is 0. The third-order valence-electron chi connectivity index (χ3n) is 2.12. The molecule has 0 radical (unpaired) electrons. The molecule has 2 rings (SSSR count). The average Bonchev–Trinajstić information content (AvgIpc) is 2.19. The zero-order valence-corrected chi connectivity index (χ0v) is 9.28. The second-order valence-electron chi connectivity index (χ2n) is 2.89. The quantitative estimate of drug-likeness (QED) is 0.690. The third kappa shape index (κ3) is 1.48. The molecule has 0 atom stereocenters. The summed E-state index contributed by atoms with van der Waals surface area (Å²) in [6, 6.07) is 12.6. The zero-order chi connectivity index (χ0) is 9.26. The molecule has 0 spiro atoms. The van der Waals surface area contributed by atoms with Gasteiger partial charge in [0.2, 0.25) is 0 Å². The van der Waals surface area contributed by atoms with Crippen molar-refractivity contribution >= 4 is 39.4 Å². The van der Waals surface area contributed by atoms with Gasteiger partial charge in [-0.1, -0.05) is 43.0 Å². The Hall–Kier alpha value is -0.830. The van der Waals surface area contributed by atoms with Crippen molar-refractivity contribution in [1.29, 1.82) is 0 Å². The minimum atomic E-state index is 1.20. The Bertz CT molecular complexity index is 458. The van der Waals surface area contributed by atoms with Crippen LogP contribution in [0.4, 0.5) is 0 Å². The zero-order valence-electron chi connectivity index (χ0n) is 7.13. The Kier molecular flexibility index (Phi) is 2.36. The summed E-state index contributed by atoms with van der Waals surface area (Å²) in [4.78, 5) is 0. The molecule has 0 heterocycles. The first-order chi connectivity index (χ1) is 6.33. The van der Waals surface area contributed by atoms with E-state index in [0.717, 1.165) is 0 Å². The Morgan fingerprint density at radius 2 is 1.69 bits per heavy atom. The minimum Gasteiger partial charge on any atom is -0.0984 e. The number of rotatable bonds is 1. The van der Waals surface area contributed by atoms with Gasteiger partial charge in [-0.3, -0.25) is 0 Å². The van der Waals surface area contributed by atoms with E-state index in [0.29, 0.717) is 0 Å². The predicted molar refractivity (Wildman–Crippen MR) is 66.8 cm³/mol.